The minimum absolute atomic E-state index is 0.0860. The number of carbonyl (C=O) groups is 3. The number of nitrogens with one attached hydrogen (secondary N) is 3. The van der Waals surface area contributed by atoms with E-state index in [0.29, 0.717) is 12.1 Å². The molecule has 2 aromatic rings. The monoisotopic (exact) mass is 427 g/mol. The van der Waals surface area contributed by atoms with Gasteiger partial charge in [0.2, 0.25) is 5.91 Å². The molecule has 1 heterocycles. The van der Waals surface area contributed by atoms with Gasteiger partial charge in [0.05, 0.1) is 17.5 Å². The average molecular weight is 428 g/mol. The molecule has 0 aliphatic rings. The van der Waals surface area contributed by atoms with E-state index in [0.717, 1.165) is 19.3 Å². The maximum atomic E-state index is 12.4. The summed E-state index contributed by atoms with van der Waals surface area (Å²) in [6.45, 7) is 2.22. The molecule has 0 spiro atoms. The highest BCUT2D eigenvalue weighted by Crippen LogP contribution is 2.16. The summed E-state index contributed by atoms with van der Waals surface area (Å²) in [5, 5.41) is 2.80. The lowest BCUT2D eigenvalue weighted by Crippen LogP contribution is -2.41. The molecule has 0 aliphatic heterocycles. The number of anilines is 1. The smallest absolute Gasteiger partial charge is 0.305 e. The minimum Gasteiger partial charge on any atom is -0.459 e. The first kappa shape index (κ1) is 24.2. The summed E-state index contributed by atoms with van der Waals surface area (Å²) >= 11 is 0. The zero-order valence-electron chi connectivity index (χ0n) is 18.2. The molecule has 0 bridgehead atoms. The second-order valence-corrected chi connectivity index (χ2v) is 7.56. The highest BCUT2D eigenvalue weighted by Gasteiger charge is 2.15. The zero-order valence-corrected chi connectivity index (χ0v) is 18.2. The first-order valence-corrected chi connectivity index (χ1v) is 11.1. The van der Waals surface area contributed by atoms with Crippen molar-refractivity contribution in [2.45, 2.75) is 71.1 Å². The predicted molar refractivity (Wildman–Crippen MR) is 121 cm³/mol. The summed E-state index contributed by atoms with van der Waals surface area (Å²) in [5.41, 5.74) is 5.30. The Kier molecular flexibility index (Phi) is 10.9. The van der Waals surface area contributed by atoms with E-state index in [2.05, 4.69) is 23.1 Å². The van der Waals surface area contributed by atoms with E-state index >= 15 is 0 Å². The van der Waals surface area contributed by atoms with Gasteiger partial charge in [-0.3, -0.25) is 25.2 Å². The molecule has 7 heteroatoms. The quantitative estimate of drug-likeness (QED) is 0.302. The van der Waals surface area contributed by atoms with Gasteiger partial charge in [0.15, 0.2) is 5.76 Å². The van der Waals surface area contributed by atoms with Crippen LogP contribution in [0.2, 0.25) is 0 Å². The Bertz CT molecular complexity index is 818. The summed E-state index contributed by atoms with van der Waals surface area (Å²) in [6, 6.07) is 9.75. The Hall–Kier alpha value is -3.09. The maximum Gasteiger partial charge on any atom is 0.305 e. The number of hydrogen-bond acceptors (Lipinski definition) is 4. The van der Waals surface area contributed by atoms with Crippen LogP contribution in [0.4, 0.5) is 5.69 Å². The van der Waals surface area contributed by atoms with Crippen LogP contribution in [0.5, 0.6) is 0 Å². The number of unbranched alkanes of at least 4 members (excludes halogenated alkanes) is 8. The number of furan rings is 1. The molecule has 0 saturated heterocycles. The lowest BCUT2D eigenvalue weighted by Gasteiger charge is -2.12. The van der Waals surface area contributed by atoms with E-state index in [1.165, 1.54) is 50.9 Å². The van der Waals surface area contributed by atoms with Crippen molar-refractivity contribution in [1.82, 2.24) is 10.9 Å². The molecule has 168 valence electrons. The zero-order chi connectivity index (χ0) is 22.3. The van der Waals surface area contributed by atoms with Gasteiger partial charge in [-0.2, -0.15) is 0 Å². The maximum absolute atomic E-state index is 12.4. The second-order valence-electron chi connectivity index (χ2n) is 7.56. The van der Waals surface area contributed by atoms with Crippen LogP contribution in [0.25, 0.3) is 0 Å². The van der Waals surface area contributed by atoms with Crippen LogP contribution in [0, 0.1) is 0 Å². The largest absolute Gasteiger partial charge is 0.459 e. The molecule has 0 atom stereocenters. The standard InChI is InChI=1S/C24H33N3O4/c1-2-3-4-5-6-7-8-9-10-17-22(28)25-20-15-12-11-14-19(20)23(29)26-27-24(30)21-16-13-18-31-21/h11-16,18H,2-10,17H2,1H3,(H,25,28)(H,26,29)(H,27,30). The molecular formula is C24H33N3O4. The van der Waals surface area contributed by atoms with E-state index in [1.54, 1.807) is 30.3 Å². The number of benzene rings is 1. The molecule has 0 radical (unpaired) electrons. The molecule has 2 rings (SSSR count). The van der Waals surface area contributed by atoms with Gasteiger partial charge in [-0.1, -0.05) is 70.4 Å². The van der Waals surface area contributed by atoms with Crippen molar-refractivity contribution in [2.24, 2.45) is 0 Å². The van der Waals surface area contributed by atoms with E-state index in [-0.39, 0.29) is 17.2 Å². The number of hydrazine groups is 1. The van der Waals surface area contributed by atoms with Crippen molar-refractivity contribution in [3.05, 3.63) is 54.0 Å². The summed E-state index contributed by atoms with van der Waals surface area (Å²) in [6.07, 6.45) is 12.5. The molecular weight excluding hydrogens is 394 g/mol. The van der Waals surface area contributed by atoms with Crippen LogP contribution < -0.4 is 16.2 Å². The molecule has 7 nitrogen and oxygen atoms in total. The van der Waals surface area contributed by atoms with E-state index in [9.17, 15) is 14.4 Å². The van der Waals surface area contributed by atoms with Crippen molar-refractivity contribution in [2.75, 3.05) is 5.32 Å². The van der Waals surface area contributed by atoms with Gasteiger partial charge in [0.1, 0.15) is 0 Å². The van der Waals surface area contributed by atoms with Crippen molar-refractivity contribution in [1.29, 1.82) is 0 Å². The normalized spacial score (nSPS) is 10.5. The highest BCUT2D eigenvalue weighted by atomic mass is 16.3. The predicted octanol–water partition coefficient (Wildman–Crippen LogP) is 5.21. The molecule has 1 aromatic carbocycles. The fourth-order valence-electron chi connectivity index (χ4n) is 3.25. The first-order chi connectivity index (χ1) is 15.1. The van der Waals surface area contributed by atoms with Crippen LogP contribution in [-0.2, 0) is 4.79 Å². The van der Waals surface area contributed by atoms with Crippen LogP contribution in [-0.4, -0.2) is 17.7 Å². The third-order valence-corrected chi connectivity index (χ3v) is 4.99. The van der Waals surface area contributed by atoms with Crippen LogP contribution >= 0.6 is 0 Å². The molecule has 1 aromatic heterocycles. The van der Waals surface area contributed by atoms with Gasteiger partial charge in [-0.25, -0.2) is 0 Å². The lowest BCUT2D eigenvalue weighted by atomic mass is 10.1. The molecule has 3 N–H and O–H groups in total. The van der Waals surface area contributed by atoms with Crippen molar-refractivity contribution in [3.63, 3.8) is 0 Å². The van der Waals surface area contributed by atoms with Gasteiger partial charge in [-0.15, -0.1) is 0 Å². The van der Waals surface area contributed by atoms with E-state index in [4.69, 9.17) is 4.42 Å². The minimum atomic E-state index is -0.565. The van der Waals surface area contributed by atoms with Crippen LogP contribution in [0.1, 0.15) is 92.0 Å². The second kappa shape index (κ2) is 14.0. The average Bonchev–Trinajstić information content (AvgIpc) is 3.31. The molecule has 0 saturated carbocycles. The van der Waals surface area contributed by atoms with Crippen LogP contribution in [0.3, 0.4) is 0 Å². The van der Waals surface area contributed by atoms with E-state index < -0.39 is 11.8 Å². The molecule has 0 aliphatic carbocycles. The Balaban J connectivity index is 1.71. The van der Waals surface area contributed by atoms with Gasteiger partial charge >= 0.3 is 5.91 Å². The summed E-state index contributed by atoms with van der Waals surface area (Å²) < 4.78 is 4.97. The third-order valence-electron chi connectivity index (χ3n) is 4.99. The van der Waals surface area contributed by atoms with Crippen molar-refractivity contribution >= 4 is 23.4 Å². The number of rotatable bonds is 13. The molecule has 0 unspecified atom stereocenters. The molecule has 0 fully saturated rings. The number of amides is 3. The molecule has 3 amide bonds. The van der Waals surface area contributed by atoms with Gasteiger partial charge in [0.25, 0.3) is 5.91 Å². The summed E-state index contributed by atoms with van der Waals surface area (Å²) in [5.74, 6) is -1.13. The topological polar surface area (TPSA) is 100 Å². The summed E-state index contributed by atoms with van der Waals surface area (Å²) in [7, 11) is 0. The Morgan fingerprint density at radius 3 is 2.10 bits per heavy atom. The molecule has 31 heavy (non-hydrogen) atoms. The van der Waals surface area contributed by atoms with Gasteiger partial charge in [0, 0.05) is 6.42 Å². The lowest BCUT2D eigenvalue weighted by molar-refractivity contribution is -0.116. The Labute approximate surface area is 183 Å². The first-order valence-electron chi connectivity index (χ1n) is 11.1. The number of para-hydroxylation sites is 1. The van der Waals surface area contributed by atoms with Crippen molar-refractivity contribution in [3.8, 4) is 0 Å². The van der Waals surface area contributed by atoms with Gasteiger partial charge < -0.3 is 9.73 Å². The third kappa shape index (κ3) is 9.07. The fourth-order valence-corrected chi connectivity index (χ4v) is 3.25. The highest BCUT2D eigenvalue weighted by molar-refractivity contribution is 6.04. The van der Waals surface area contributed by atoms with Crippen LogP contribution in [0.15, 0.2) is 47.1 Å². The fraction of sp³-hybridized carbons (Fsp3) is 0.458. The Morgan fingerprint density at radius 2 is 1.42 bits per heavy atom. The van der Waals surface area contributed by atoms with Crippen molar-refractivity contribution < 1.29 is 18.8 Å². The number of carbonyl (C=O) groups excluding carboxylic acids is 3. The summed E-state index contributed by atoms with van der Waals surface area (Å²) in [4.78, 5) is 36.6. The van der Waals surface area contributed by atoms with E-state index in [1.807, 2.05) is 0 Å². The Morgan fingerprint density at radius 1 is 0.774 bits per heavy atom. The number of hydrogen-bond donors (Lipinski definition) is 3. The van der Waals surface area contributed by atoms with Gasteiger partial charge in [-0.05, 0) is 30.7 Å². The SMILES string of the molecule is CCCCCCCCCCCC(=O)Nc1ccccc1C(=O)NNC(=O)c1ccco1.